The quantitative estimate of drug-likeness (QED) is 0.243. The number of halogens is 7. The minimum atomic E-state index is -5.52. The van der Waals surface area contributed by atoms with Gasteiger partial charge in [-0.25, -0.2) is 0 Å². The second kappa shape index (κ2) is 7.05. The van der Waals surface area contributed by atoms with Crippen LogP contribution >= 0.6 is 22.6 Å². The van der Waals surface area contributed by atoms with E-state index >= 15 is 0 Å². The molecule has 0 saturated carbocycles. The predicted molar refractivity (Wildman–Crippen MR) is 97.2 cm³/mol. The zero-order chi connectivity index (χ0) is 19.8. The standard InChI is InChI=1S/C19H17F6I/c1-16(2,14-11-7-4-8-12-14)17(18(20,21)22,19(23,24)25)15(26)13-9-5-3-6-10-13/h3-12,15H,1-2H3. The van der Waals surface area contributed by atoms with Crippen molar-refractivity contribution >= 4 is 22.6 Å². The van der Waals surface area contributed by atoms with Gasteiger partial charge in [0.25, 0.3) is 0 Å². The van der Waals surface area contributed by atoms with Crippen LogP contribution in [0.2, 0.25) is 0 Å². The van der Waals surface area contributed by atoms with Gasteiger partial charge < -0.3 is 0 Å². The number of hydrogen-bond donors (Lipinski definition) is 0. The Morgan fingerprint density at radius 2 is 1.08 bits per heavy atom. The zero-order valence-corrected chi connectivity index (χ0v) is 16.2. The highest BCUT2D eigenvalue weighted by Crippen LogP contribution is 2.68. The van der Waals surface area contributed by atoms with Crippen LogP contribution in [-0.4, -0.2) is 12.4 Å². The molecule has 142 valence electrons. The molecule has 7 heteroatoms. The molecule has 0 amide bonds. The van der Waals surface area contributed by atoms with Crippen molar-refractivity contribution in [1.29, 1.82) is 0 Å². The SMILES string of the molecule is CC(C)(c1ccccc1)C(C(I)c1ccccc1)(C(F)(F)F)C(F)(F)F. The van der Waals surface area contributed by atoms with Crippen LogP contribution in [0.15, 0.2) is 60.7 Å². The van der Waals surface area contributed by atoms with Crippen LogP contribution < -0.4 is 0 Å². The molecule has 2 aromatic rings. The molecule has 0 aliphatic rings. The second-order valence-corrected chi connectivity index (χ2v) is 7.81. The van der Waals surface area contributed by atoms with E-state index in [0.717, 1.165) is 13.8 Å². The molecule has 1 unspecified atom stereocenters. The summed E-state index contributed by atoms with van der Waals surface area (Å²) in [4.78, 5) is 0. The highest BCUT2D eigenvalue weighted by atomic mass is 127. The zero-order valence-electron chi connectivity index (χ0n) is 14.0. The topological polar surface area (TPSA) is 0 Å². The highest BCUT2D eigenvalue weighted by Gasteiger charge is 2.79. The fraction of sp³-hybridized carbons (Fsp3) is 0.368. The van der Waals surface area contributed by atoms with Gasteiger partial charge in [0.15, 0.2) is 5.41 Å². The molecule has 0 N–H and O–H groups in total. The van der Waals surface area contributed by atoms with E-state index in [2.05, 4.69) is 0 Å². The molecule has 0 radical (unpaired) electrons. The Morgan fingerprint density at radius 3 is 1.46 bits per heavy atom. The molecule has 0 aromatic heterocycles. The summed E-state index contributed by atoms with van der Waals surface area (Å²) in [6.45, 7) is 2.02. The first-order valence-electron chi connectivity index (χ1n) is 7.75. The Kier molecular flexibility index (Phi) is 5.71. The Bertz CT molecular complexity index is 705. The van der Waals surface area contributed by atoms with Gasteiger partial charge in [-0.15, -0.1) is 0 Å². The van der Waals surface area contributed by atoms with Crippen LogP contribution in [0.1, 0.15) is 28.9 Å². The summed E-state index contributed by atoms with van der Waals surface area (Å²) in [5.41, 5.74) is -6.28. The minimum absolute atomic E-state index is 0.0211. The molecular weight excluding hydrogens is 469 g/mol. The minimum Gasteiger partial charge on any atom is -0.170 e. The third-order valence-electron chi connectivity index (χ3n) is 4.85. The number of hydrogen-bond acceptors (Lipinski definition) is 0. The van der Waals surface area contributed by atoms with Gasteiger partial charge in [0.05, 0.1) is 3.92 Å². The number of benzene rings is 2. The van der Waals surface area contributed by atoms with E-state index < -0.39 is 27.1 Å². The van der Waals surface area contributed by atoms with Gasteiger partial charge in [0, 0.05) is 5.41 Å². The molecule has 0 aliphatic carbocycles. The van der Waals surface area contributed by atoms with Gasteiger partial charge in [-0.05, 0) is 11.1 Å². The maximum atomic E-state index is 14.3. The summed E-state index contributed by atoms with van der Waals surface area (Å²) in [7, 11) is 0. The fourth-order valence-electron chi connectivity index (χ4n) is 3.43. The van der Waals surface area contributed by atoms with E-state index in [1.54, 1.807) is 12.1 Å². The average molecular weight is 486 g/mol. The molecule has 2 aromatic carbocycles. The van der Waals surface area contributed by atoms with Crippen LogP contribution in [0, 0.1) is 5.41 Å². The molecule has 0 saturated heterocycles. The smallest absolute Gasteiger partial charge is 0.170 e. The molecule has 2 rings (SSSR count). The third-order valence-corrected chi connectivity index (χ3v) is 6.50. The second-order valence-electron chi connectivity index (χ2n) is 6.57. The molecule has 0 heterocycles. The van der Waals surface area contributed by atoms with E-state index in [9.17, 15) is 26.3 Å². The number of alkyl halides is 7. The molecule has 0 spiro atoms. The van der Waals surface area contributed by atoms with Gasteiger partial charge in [0.1, 0.15) is 0 Å². The Labute approximate surface area is 161 Å². The molecule has 0 aliphatic heterocycles. The summed E-state index contributed by atoms with van der Waals surface area (Å²) < 4.78 is 83.7. The summed E-state index contributed by atoms with van der Waals surface area (Å²) in [5, 5.41) is 0. The molecule has 26 heavy (non-hydrogen) atoms. The number of rotatable bonds is 4. The van der Waals surface area contributed by atoms with Gasteiger partial charge in [-0.2, -0.15) is 26.3 Å². The van der Waals surface area contributed by atoms with E-state index in [4.69, 9.17) is 0 Å². The molecule has 0 bridgehead atoms. The van der Waals surface area contributed by atoms with E-state index in [1.165, 1.54) is 71.1 Å². The van der Waals surface area contributed by atoms with Crippen molar-refractivity contribution in [2.75, 3.05) is 0 Å². The first-order valence-corrected chi connectivity index (χ1v) is 9.00. The van der Waals surface area contributed by atoms with Crippen molar-refractivity contribution in [3.8, 4) is 0 Å². The monoisotopic (exact) mass is 486 g/mol. The van der Waals surface area contributed by atoms with Crippen LogP contribution in [0.5, 0.6) is 0 Å². The van der Waals surface area contributed by atoms with Crippen molar-refractivity contribution < 1.29 is 26.3 Å². The van der Waals surface area contributed by atoms with E-state index in [1.807, 2.05) is 0 Å². The van der Waals surface area contributed by atoms with Crippen molar-refractivity contribution in [3.05, 3.63) is 71.8 Å². The Morgan fingerprint density at radius 1 is 0.692 bits per heavy atom. The molecular formula is C19H17F6I. The maximum absolute atomic E-state index is 14.3. The largest absolute Gasteiger partial charge is 0.405 e. The van der Waals surface area contributed by atoms with Crippen LogP contribution in [-0.2, 0) is 5.41 Å². The summed E-state index contributed by atoms with van der Waals surface area (Å²) >= 11 is 1.28. The first-order chi connectivity index (χ1) is 11.9. The van der Waals surface area contributed by atoms with E-state index in [-0.39, 0.29) is 11.1 Å². The third kappa shape index (κ3) is 3.23. The maximum Gasteiger partial charge on any atom is 0.405 e. The normalized spacial score (nSPS) is 15.0. The van der Waals surface area contributed by atoms with Crippen molar-refractivity contribution in [2.24, 2.45) is 5.41 Å². The van der Waals surface area contributed by atoms with E-state index in [0.29, 0.717) is 0 Å². The lowest BCUT2D eigenvalue weighted by molar-refractivity contribution is -0.360. The first kappa shape index (κ1) is 21.1. The molecule has 0 nitrogen and oxygen atoms in total. The lowest BCUT2D eigenvalue weighted by Gasteiger charge is -2.51. The summed E-state index contributed by atoms with van der Waals surface area (Å²) in [6, 6.07) is 14.1. The van der Waals surface area contributed by atoms with Crippen molar-refractivity contribution in [1.82, 2.24) is 0 Å². The van der Waals surface area contributed by atoms with Gasteiger partial charge in [-0.1, -0.05) is 97.1 Å². The molecule has 0 fully saturated rings. The lowest BCUT2D eigenvalue weighted by atomic mass is 9.58. The van der Waals surface area contributed by atoms with Gasteiger partial charge in [0.2, 0.25) is 0 Å². The summed E-state index contributed by atoms with van der Waals surface area (Å²) in [5.74, 6) is 0. The fourth-order valence-corrected chi connectivity index (χ4v) is 5.33. The van der Waals surface area contributed by atoms with Crippen LogP contribution in [0.25, 0.3) is 0 Å². The lowest BCUT2D eigenvalue weighted by Crippen LogP contribution is -2.62. The summed E-state index contributed by atoms with van der Waals surface area (Å²) in [6.07, 6.45) is -11.0. The van der Waals surface area contributed by atoms with Crippen molar-refractivity contribution in [2.45, 2.75) is 35.5 Å². The van der Waals surface area contributed by atoms with Crippen LogP contribution in [0.3, 0.4) is 0 Å². The average Bonchev–Trinajstić information content (AvgIpc) is 2.54. The van der Waals surface area contributed by atoms with Crippen molar-refractivity contribution in [3.63, 3.8) is 0 Å². The Balaban J connectivity index is 2.86. The Hall–Kier alpha value is -1.25. The molecule has 1 atom stereocenters. The highest BCUT2D eigenvalue weighted by molar-refractivity contribution is 14.1. The van der Waals surface area contributed by atoms with Gasteiger partial charge >= 0.3 is 12.4 Å². The van der Waals surface area contributed by atoms with Gasteiger partial charge in [-0.3, -0.25) is 0 Å². The van der Waals surface area contributed by atoms with Crippen LogP contribution in [0.4, 0.5) is 26.3 Å². The predicted octanol–water partition coefficient (Wildman–Crippen LogP) is 7.25.